The Morgan fingerprint density at radius 3 is 2.93 bits per heavy atom. The van der Waals surface area contributed by atoms with E-state index in [4.69, 9.17) is 4.52 Å². The van der Waals surface area contributed by atoms with Gasteiger partial charge in [-0.15, -0.1) is 0 Å². The zero-order valence-corrected chi connectivity index (χ0v) is 17.8. The van der Waals surface area contributed by atoms with Crippen molar-refractivity contribution in [3.05, 3.63) is 40.5 Å². The van der Waals surface area contributed by atoms with Crippen LogP contribution in [0.2, 0.25) is 0 Å². The number of amides is 1. The number of nitrogens with zero attached hydrogens (tertiary/aromatic N) is 3. The molecule has 27 heavy (non-hydrogen) atoms. The van der Waals surface area contributed by atoms with Crippen molar-refractivity contribution in [2.75, 3.05) is 24.5 Å². The van der Waals surface area contributed by atoms with Crippen LogP contribution in [0.3, 0.4) is 0 Å². The molecule has 0 radical (unpaired) electrons. The number of aromatic nitrogens is 2. The minimum atomic E-state index is -0.146. The normalized spacial score (nSPS) is 17.3. The van der Waals surface area contributed by atoms with Crippen molar-refractivity contribution in [3.63, 3.8) is 0 Å². The summed E-state index contributed by atoms with van der Waals surface area (Å²) in [6.07, 6.45) is 1.93. The fraction of sp³-hybridized carbons (Fsp3) is 0.550. The number of hydrogen-bond donors (Lipinski definition) is 1. The van der Waals surface area contributed by atoms with Crippen LogP contribution in [0.4, 0.5) is 5.69 Å². The first-order valence-electron chi connectivity index (χ1n) is 9.41. The van der Waals surface area contributed by atoms with E-state index < -0.39 is 0 Å². The number of aryl methyl sites for hydroxylation is 1. The second-order valence-electron chi connectivity index (χ2n) is 8.15. The highest BCUT2D eigenvalue weighted by Gasteiger charge is 2.24. The first-order valence-corrected chi connectivity index (χ1v) is 10.2. The minimum absolute atomic E-state index is 0.0337. The van der Waals surface area contributed by atoms with Gasteiger partial charge in [0.05, 0.1) is 0 Å². The maximum absolute atomic E-state index is 12.2. The predicted molar refractivity (Wildman–Crippen MR) is 109 cm³/mol. The molecular weight excluding hydrogens is 408 g/mol. The van der Waals surface area contributed by atoms with Crippen LogP contribution in [0.15, 0.2) is 33.3 Å². The second-order valence-corrected chi connectivity index (χ2v) is 9.06. The quantitative estimate of drug-likeness (QED) is 0.749. The zero-order valence-electron chi connectivity index (χ0n) is 16.2. The molecule has 1 atom stereocenters. The van der Waals surface area contributed by atoms with Crippen LogP contribution >= 0.6 is 15.9 Å². The van der Waals surface area contributed by atoms with Gasteiger partial charge in [0.2, 0.25) is 11.8 Å². The molecule has 146 valence electrons. The SMILES string of the molecule is CC(C)(C)c1noc(CCC(=O)NCC2CCN(c3cccc(Br)c3)C2)n1. The largest absolute Gasteiger partial charge is 0.371 e. The van der Waals surface area contributed by atoms with Crippen molar-refractivity contribution in [1.29, 1.82) is 0 Å². The lowest BCUT2D eigenvalue weighted by atomic mass is 9.96. The van der Waals surface area contributed by atoms with Crippen molar-refractivity contribution >= 4 is 27.5 Å². The van der Waals surface area contributed by atoms with Crippen molar-refractivity contribution in [3.8, 4) is 0 Å². The molecule has 1 N–H and O–H groups in total. The summed E-state index contributed by atoms with van der Waals surface area (Å²) in [6, 6.07) is 8.35. The van der Waals surface area contributed by atoms with Gasteiger partial charge in [-0.1, -0.05) is 47.9 Å². The van der Waals surface area contributed by atoms with Gasteiger partial charge in [-0.05, 0) is 30.5 Å². The van der Waals surface area contributed by atoms with Crippen molar-refractivity contribution in [2.24, 2.45) is 5.92 Å². The molecule has 0 aliphatic carbocycles. The third-order valence-electron chi connectivity index (χ3n) is 4.75. The van der Waals surface area contributed by atoms with Gasteiger partial charge in [-0.3, -0.25) is 4.79 Å². The number of nitrogens with one attached hydrogen (secondary N) is 1. The summed E-state index contributed by atoms with van der Waals surface area (Å²) in [4.78, 5) is 18.9. The summed E-state index contributed by atoms with van der Waals surface area (Å²) in [5, 5.41) is 7.04. The Bertz CT molecular complexity index is 784. The Balaban J connectivity index is 1.40. The van der Waals surface area contributed by atoms with Gasteiger partial charge in [0.25, 0.3) is 0 Å². The van der Waals surface area contributed by atoms with E-state index in [2.05, 4.69) is 54.5 Å². The Kier molecular flexibility index (Phi) is 6.19. The average Bonchev–Trinajstić information content (AvgIpc) is 3.27. The molecule has 1 aliphatic rings. The molecule has 1 saturated heterocycles. The molecule has 3 rings (SSSR count). The maximum Gasteiger partial charge on any atom is 0.227 e. The van der Waals surface area contributed by atoms with E-state index in [1.54, 1.807) is 0 Å². The van der Waals surface area contributed by atoms with E-state index in [0.717, 1.165) is 24.0 Å². The number of hydrogen-bond acceptors (Lipinski definition) is 5. The smallest absolute Gasteiger partial charge is 0.227 e. The molecule has 1 aromatic carbocycles. The summed E-state index contributed by atoms with van der Waals surface area (Å²) in [7, 11) is 0. The lowest BCUT2D eigenvalue weighted by Gasteiger charge is -2.19. The highest BCUT2D eigenvalue weighted by molar-refractivity contribution is 9.10. The number of halogens is 1. The van der Waals surface area contributed by atoms with Crippen LogP contribution in [0.1, 0.15) is 45.3 Å². The molecule has 6 nitrogen and oxygen atoms in total. The third-order valence-corrected chi connectivity index (χ3v) is 5.25. The highest BCUT2D eigenvalue weighted by Crippen LogP contribution is 2.26. The third kappa shape index (κ3) is 5.54. The molecule has 0 saturated carbocycles. The summed E-state index contributed by atoms with van der Waals surface area (Å²) in [6.45, 7) is 8.80. The molecular formula is C20H27BrN4O2. The average molecular weight is 435 g/mol. The molecule has 1 aliphatic heterocycles. The molecule has 0 spiro atoms. The van der Waals surface area contributed by atoms with Crippen LogP contribution in [0.25, 0.3) is 0 Å². The van der Waals surface area contributed by atoms with Crippen LogP contribution < -0.4 is 10.2 Å². The molecule has 1 unspecified atom stereocenters. The van der Waals surface area contributed by atoms with E-state index >= 15 is 0 Å². The van der Waals surface area contributed by atoms with Gasteiger partial charge in [-0.25, -0.2) is 0 Å². The number of rotatable bonds is 6. The lowest BCUT2D eigenvalue weighted by Crippen LogP contribution is -2.31. The Morgan fingerprint density at radius 2 is 2.22 bits per heavy atom. The molecule has 2 aromatic rings. The standard InChI is InChI=1S/C20H27BrN4O2/c1-20(2,3)19-23-18(27-24-19)8-7-17(26)22-12-14-9-10-25(13-14)16-6-4-5-15(21)11-16/h4-6,11,14H,7-10,12-13H2,1-3H3,(H,22,26). The fourth-order valence-electron chi connectivity index (χ4n) is 3.13. The lowest BCUT2D eigenvalue weighted by molar-refractivity contribution is -0.121. The molecule has 1 amide bonds. The van der Waals surface area contributed by atoms with Crippen LogP contribution in [0.5, 0.6) is 0 Å². The Hall–Kier alpha value is -1.89. The number of anilines is 1. The van der Waals surface area contributed by atoms with E-state index in [1.807, 2.05) is 26.8 Å². The van der Waals surface area contributed by atoms with Gasteiger partial charge >= 0.3 is 0 Å². The fourth-order valence-corrected chi connectivity index (χ4v) is 3.52. The maximum atomic E-state index is 12.2. The Morgan fingerprint density at radius 1 is 1.41 bits per heavy atom. The van der Waals surface area contributed by atoms with Gasteiger partial charge in [0, 0.05) is 48.1 Å². The number of carbonyl (C=O) groups is 1. The van der Waals surface area contributed by atoms with Crippen molar-refractivity contribution < 1.29 is 9.32 Å². The van der Waals surface area contributed by atoms with Crippen LogP contribution in [-0.4, -0.2) is 35.7 Å². The monoisotopic (exact) mass is 434 g/mol. The minimum Gasteiger partial charge on any atom is -0.371 e. The molecule has 7 heteroatoms. The van der Waals surface area contributed by atoms with E-state index in [-0.39, 0.29) is 11.3 Å². The zero-order chi connectivity index (χ0) is 19.4. The second kappa shape index (κ2) is 8.42. The predicted octanol–water partition coefficient (Wildman–Crippen LogP) is 3.70. The Labute approximate surface area is 168 Å². The summed E-state index contributed by atoms with van der Waals surface area (Å²) in [5.41, 5.74) is 1.08. The number of carbonyl (C=O) groups excluding carboxylic acids is 1. The molecule has 1 fully saturated rings. The van der Waals surface area contributed by atoms with Crippen molar-refractivity contribution in [2.45, 2.75) is 45.4 Å². The van der Waals surface area contributed by atoms with Crippen LogP contribution in [-0.2, 0) is 16.6 Å². The van der Waals surface area contributed by atoms with Gasteiger partial charge in [0.1, 0.15) is 0 Å². The highest BCUT2D eigenvalue weighted by atomic mass is 79.9. The van der Waals surface area contributed by atoms with Crippen molar-refractivity contribution in [1.82, 2.24) is 15.5 Å². The molecule has 1 aromatic heterocycles. The summed E-state index contributed by atoms with van der Waals surface area (Å²) < 4.78 is 6.33. The molecule has 0 bridgehead atoms. The summed E-state index contributed by atoms with van der Waals surface area (Å²) in [5.74, 6) is 1.71. The van der Waals surface area contributed by atoms with Gasteiger partial charge in [0.15, 0.2) is 5.82 Å². The first kappa shape index (κ1) is 19.9. The van der Waals surface area contributed by atoms with E-state index in [9.17, 15) is 4.79 Å². The van der Waals surface area contributed by atoms with Crippen LogP contribution in [0, 0.1) is 5.92 Å². The van der Waals surface area contributed by atoms with E-state index in [1.165, 1.54) is 5.69 Å². The first-order chi connectivity index (χ1) is 12.8. The molecule has 2 heterocycles. The topological polar surface area (TPSA) is 71.3 Å². The number of benzene rings is 1. The van der Waals surface area contributed by atoms with Gasteiger partial charge in [-0.2, -0.15) is 4.98 Å². The summed E-state index contributed by atoms with van der Waals surface area (Å²) >= 11 is 3.52. The van der Waals surface area contributed by atoms with Gasteiger partial charge < -0.3 is 14.7 Å². The van der Waals surface area contributed by atoms with E-state index in [0.29, 0.717) is 37.0 Å².